The number of hydrogen-bond acceptors (Lipinski definition) is 5. The van der Waals surface area contributed by atoms with E-state index in [2.05, 4.69) is 45.3 Å². The number of fused-ring (bicyclic) bond motifs is 1. The van der Waals surface area contributed by atoms with E-state index >= 15 is 0 Å². The molecule has 1 aromatic heterocycles. The molecule has 0 aliphatic carbocycles. The Bertz CT molecular complexity index is 1130. The van der Waals surface area contributed by atoms with Crippen LogP contribution in [-0.4, -0.2) is 33.5 Å². The molecule has 2 heterocycles. The minimum Gasteiger partial charge on any atom is -0.495 e. The molecule has 7 heteroatoms. The summed E-state index contributed by atoms with van der Waals surface area (Å²) in [5.41, 5.74) is 4.79. The highest BCUT2D eigenvalue weighted by Gasteiger charge is 2.28. The molecule has 1 N–H and O–H groups in total. The summed E-state index contributed by atoms with van der Waals surface area (Å²) in [5.74, 6) is 0.365. The Morgan fingerprint density at radius 2 is 1.97 bits per heavy atom. The van der Waals surface area contributed by atoms with Crippen molar-refractivity contribution in [2.75, 3.05) is 20.2 Å². The molecule has 0 saturated heterocycles. The van der Waals surface area contributed by atoms with Crippen molar-refractivity contribution >= 4 is 21.4 Å². The van der Waals surface area contributed by atoms with E-state index in [1.807, 2.05) is 18.4 Å². The van der Waals surface area contributed by atoms with Crippen LogP contribution in [0.25, 0.3) is 0 Å². The highest BCUT2D eigenvalue weighted by Crippen LogP contribution is 2.30. The summed E-state index contributed by atoms with van der Waals surface area (Å²) >= 11 is 1.63. The van der Waals surface area contributed by atoms with Crippen LogP contribution in [0.1, 0.15) is 35.2 Å². The molecule has 0 bridgehead atoms. The Morgan fingerprint density at radius 3 is 2.68 bits per heavy atom. The highest BCUT2D eigenvalue weighted by molar-refractivity contribution is 7.89. The van der Waals surface area contributed by atoms with Crippen molar-refractivity contribution in [2.45, 2.75) is 37.2 Å². The number of hydrogen-bond donors (Lipinski definition) is 1. The van der Waals surface area contributed by atoms with Gasteiger partial charge in [-0.25, -0.2) is 13.1 Å². The van der Waals surface area contributed by atoms with E-state index in [1.165, 1.54) is 18.2 Å². The topological polar surface area (TPSA) is 58.6 Å². The fourth-order valence-corrected chi connectivity index (χ4v) is 6.09. The number of nitrogens with one attached hydrogen (secondary N) is 1. The molecule has 0 fully saturated rings. The number of rotatable bonds is 8. The third kappa shape index (κ3) is 4.85. The molecule has 2 aromatic carbocycles. The summed E-state index contributed by atoms with van der Waals surface area (Å²) in [5, 5.41) is 4.15. The number of methoxy groups -OCH3 is 1. The molecule has 31 heavy (non-hydrogen) atoms. The van der Waals surface area contributed by atoms with Crippen LogP contribution in [0, 0.1) is 0 Å². The second-order valence-electron chi connectivity index (χ2n) is 7.75. The minimum atomic E-state index is -3.72. The number of aryl methyl sites for hydroxylation is 1. The predicted molar refractivity (Wildman–Crippen MR) is 125 cm³/mol. The first-order valence-corrected chi connectivity index (χ1v) is 12.9. The molecule has 0 saturated carbocycles. The third-order valence-electron chi connectivity index (χ3n) is 5.92. The first-order chi connectivity index (χ1) is 15.0. The summed E-state index contributed by atoms with van der Waals surface area (Å²) in [6.07, 6.45) is 1.73. The Kier molecular flexibility index (Phi) is 6.77. The van der Waals surface area contributed by atoms with Crippen LogP contribution >= 0.6 is 11.3 Å². The van der Waals surface area contributed by atoms with Crippen molar-refractivity contribution in [3.8, 4) is 5.75 Å². The van der Waals surface area contributed by atoms with Gasteiger partial charge in [0.1, 0.15) is 10.6 Å². The Labute approximate surface area is 188 Å². The zero-order chi connectivity index (χ0) is 21.8. The van der Waals surface area contributed by atoms with Crippen molar-refractivity contribution in [1.82, 2.24) is 9.62 Å². The lowest BCUT2D eigenvalue weighted by Crippen LogP contribution is -2.40. The van der Waals surface area contributed by atoms with E-state index in [9.17, 15) is 8.42 Å². The van der Waals surface area contributed by atoms with Gasteiger partial charge in [0.05, 0.1) is 7.11 Å². The van der Waals surface area contributed by atoms with E-state index in [0.717, 1.165) is 37.1 Å². The predicted octanol–water partition coefficient (Wildman–Crippen LogP) is 4.40. The SMILES string of the molecule is CCc1ccc(OC)c(S(=O)(=O)NCC(c2ccsc2)N2CCc3ccccc3C2)c1. The molecule has 1 aliphatic rings. The van der Waals surface area contributed by atoms with Crippen molar-refractivity contribution in [3.63, 3.8) is 0 Å². The summed E-state index contributed by atoms with van der Waals surface area (Å²) in [4.78, 5) is 2.56. The van der Waals surface area contributed by atoms with Gasteiger partial charge in [0.25, 0.3) is 0 Å². The van der Waals surface area contributed by atoms with Crippen molar-refractivity contribution in [1.29, 1.82) is 0 Å². The maximum absolute atomic E-state index is 13.2. The second-order valence-corrected chi connectivity index (χ2v) is 10.3. The molecular weight excluding hydrogens is 428 g/mol. The first kappa shape index (κ1) is 22.0. The molecule has 1 aliphatic heterocycles. The molecule has 3 aromatic rings. The van der Waals surface area contributed by atoms with Crippen molar-refractivity contribution in [3.05, 3.63) is 81.5 Å². The largest absolute Gasteiger partial charge is 0.495 e. The van der Waals surface area contributed by atoms with Crippen molar-refractivity contribution in [2.24, 2.45) is 0 Å². The van der Waals surface area contributed by atoms with Crippen LogP contribution in [-0.2, 0) is 29.4 Å². The zero-order valence-corrected chi connectivity index (χ0v) is 19.5. The first-order valence-electron chi connectivity index (χ1n) is 10.5. The maximum Gasteiger partial charge on any atom is 0.244 e. The van der Waals surface area contributed by atoms with Gasteiger partial charge in [0, 0.05) is 25.7 Å². The number of thiophene rings is 1. The standard InChI is InChI=1S/C24H28N2O3S2/c1-3-18-8-9-23(29-2)24(14-18)31(27,28)25-15-22(21-11-13-30-17-21)26-12-10-19-6-4-5-7-20(19)16-26/h4-9,11,13-14,17,22,25H,3,10,12,15-16H2,1-2H3. The maximum atomic E-state index is 13.2. The average Bonchev–Trinajstić information content (AvgIpc) is 3.33. The fourth-order valence-electron chi connectivity index (χ4n) is 4.12. The van der Waals surface area contributed by atoms with Gasteiger partial charge < -0.3 is 4.74 Å². The molecule has 0 amide bonds. The van der Waals surface area contributed by atoms with Gasteiger partial charge in [-0.15, -0.1) is 0 Å². The summed E-state index contributed by atoms with van der Waals surface area (Å²) in [6, 6.07) is 15.9. The Hall–Kier alpha value is -2.19. The lowest BCUT2D eigenvalue weighted by atomic mass is 9.97. The highest BCUT2D eigenvalue weighted by atomic mass is 32.2. The van der Waals surface area contributed by atoms with E-state index in [4.69, 9.17) is 4.74 Å². The van der Waals surface area contributed by atoms with Gasteiger partial charge in [0.2, 0.25) is 10.0 Å². The minimum absolute atomic E-state index is 0.0327. The van der Waals surface area contributed by atoms with E-state index in [-0.39, 0.29) is 10.9 Å². The molecule has 1 atom stereocenters. The molecule has 0 spiro atoms. The van der Waals surface area contributed by atoms with Gasteiger partial charge in [-0.05, 0) is 64.1 Å². The monoisotopic (exact) mass is 456 g/mol. The molecule has 5 nitrogen and oxygen atoms in total. The van der Waals surface area contributed by atoms with E-state index < -0.39 is 10.0 Å². The number of nitrogens with zero attached hydrogens (tertiary/aromatic N) is 1. The van der Waals surface area contributed by atoms with Gasteiger partial charge in [-0.2, -0.15) is 11.3 Å². The Morgan fingerprint density at radius 1 is 1.16 bits per heavy atom. The van der Waals surface area contributed by atoms with E-state index in [0.29, 0.717) is 12.3 Å². The quantitative estimate of drug-likeness (QED) is 0.546. The van der Waals surface area contributed by atoms with Crippen LogP contribution in [0.3, 0.4) is 0 Å². The van der Waals surface area contributed by atoms with Crippen LogP contribution in [0.4, 0.5) is 0 Å². The Balaban J connectivity index is 1.58. The van der Waals surface area contributed by atoms with Gasteiger partial charge >= 0.3 is 0 Å². The van der Waals surface area contributed by atoms with Gasteiger partial charge in [-0.3, -0.25) is 4.90 Å². The second kappa shape index (κ2) is 9.53. The van der Waals surface area contributed by atoms with Crippen molar-refractivity contribution < 1.29 is 13.2 Å². The molecule has 4 rings (SSSR count). The number of ether oxygens (including phenoxy) is 1. The van der Waals surface area contributed by atoms with Gasteiger partial charge in [-0.1, -0.05) is 37.3 Å². The smallest absolute Gasteiger partial charge is 0.244 e. The number of sulfonamides is 1. The average molecular weight is 457 g/mol. The van der Waals surface area contributed by atoms with E-state index in [1.54, 1.807) is 23.5 Å². The van der Waals surface area contributed by atoms with Crippen LogP contribution in [0.5, 0.6) is 5.75 Å². The normalized spacial score (nSPS) is 15.4. The summed E-state index contributed by atoms with van der Waals surface area (Å²) in [7, 11) is -2.22. The third-order valence-corrected chi connectivity index (χ3v) is 8.07. The molecule has 1 unspecified atom stereocenters. The van der Waals surface area contributed by atoms with Gasteiger partial charge in [0.15, 0.2) is 0 Å². The molecular formula is C24H28N2O3S2. The van der Waals surface area contributed by atoms with Crippen LogP contribution in [0.15, 0.2) is 64.2 Å². The lowest BCUT2D eigenvalue weighted by molar-refractivity contribution is 0.180. The zero-order valence-electron chi connectivity index (χ0n) is 17.9. The van der Waals surface area contributed by atoms with Crippen LogP contribution in [0.2, 0.25) is 0 Å². The molecule has 0 radical (unpaired) electrons. The van der Waals surface area contributed by atoms with Crippen LogP contribution < -0.4 is 9.46 Å². The molecule has 164 valence electrons. The lowest BCUT2D eigenvalue weighted by Gasteiger charge is -2.35. The summed E-state index contributed by atoms with van der Waals surface area (Å²) < 4.78 is 34.7. The fraction of sp³-hybridized carbons (Fsp3) is 0.333. The summed E-state index contributed by atoms with van der Waals surface area (Å²) in [6.45, 7) is 4.02. The number of benzene rings is 2.